The van der Waals surface area contributed by atoms with Gasteiger partial charge in [0.05, 0.1) is 12.1 Å². The van der Waals surface area contributed by atoms with Crippen molar-refractivity contribution in [3.05, 3.63) is 21.8 Å². The summed E-state index contributed by atoms with van der Waals surface area (Å²) < 4.78 is 23.6. The quantitative estimate of drug-likeness (QED) is 0.768. The first-order valence-electron chi connectivity index (χ1n) is 4.58. The smallest absolute Gasteiger partial charge is 0.278 e. The van der Waals surface area contributed by atoms with Gasteiger partial charge in [0.25, 0.3) is 5.56 Å². The largest absolute Gasteiger partial charge is 0.392 e. The molecular formula is C8H12ClN3O3S. The van der Waals surface area contributed by atoms with Crippen LogP contribution in [0, 0.1) is 0 Å². The number of nitrogens with zero attached hydrogens (tertiary/aromatic N) is 2. The maximum atomic E-state index is 11.5. The number of nitrogens with two attached hydrogens (primary N) is 1. The summed E-state index contributed by atoms with van der Waals surface area (Å²) in [6.45, 7) is 1.58. The molecule has 0 saturated carbocycles. The average Bonchev–Trinajstić information content (AvgIpc) is 2.25. The second-order valence-corrected chi connectivity index (χ2v) is 6.01. The summed E-state index contributed by atoms with van der Waals surface area (Å²) in [7, 11) is -3.12. The third kappa shape index (κ3) is 2.96. The standard InChI is InChI=1S/C8H12ClN3O3S/c1-2-16(14,15)4-3-12-5-11-7(9)6(10)8(12)13/h5H,2-4,10H2,1H3. The molecule has 0 spiro atoms. The highest BCUT2D eigenvalue weighted by atomic mass is 35.5. The van der Waals surface area contributed by atoms with E-state index in [1.54, 1.807) is 6.92 Å². The van der Waals surface area contributed by atoms with Gasteiger partial charge >= 0.3 is 0 Å². The van der Waals surface area contributed by atoms with Gasteiger partial charge in [0.1, 0.15) is 5.69 Å². The lowest BCUT2D eigenvalue weighted by Crippen LogP contribution is -2.27. The van der Waals surface area contributed by atoms with Crippen molar-refractivity contribution < 1.29 is 8.42 Å². The number of sulfone groups is 1. The predicted molar refractivity (Wildman–Crippen MR) is 62.2 cm³/mol. The zero-order valence-electron chi connectivity index (χ0n) is 8.68. The molecule has 0 aromatic carbocycles. The molecule has 1 heterocycles. The molecule has 0 aliphatic heterocycles. The van der Waals surface area contributed by atoms with Crippen molar-refractivity contribution in [2.24, 2.45) is 0 Å². The Morgan fingerprint density at radius 1 is 1.56 bits per heavy atom. The van der Waals surface area contributed by atoms with Crippen molar-refractivity contribution in [2.75, 3.05) is 17.2 Å². The minimum atomic E-state index is -3.12. The Labute approximate surface area is 98.0 Å². The maximum absolute atomic E-state index is 11.5. The molecule has 90 valence electrons. The Hall–Kier alpha value is -1.08. The molecule has 0 radical (unpaired) electrons. The van der Waals surface area contributed by atoms with Crippen molar-refractivity contribution in [3.8, 4) is 0 Å². The van der Waals surface area contributed by atoms with Crippen LogP contribution in [0.15, 0.2) is 11.1 Å². The number of nitrogen functional groups attached to an aromatic ring is 1. The van der Waals surface area contributed by atoms with Gasteiger partial charge in [0.15, 0.2) is 15.0 Å². The Kier molecular flexibility index (Phi) is 3.93. The second-order valence-electron chi connectivity index (χ2n) is 3.18. The van der Waals surface area contributed by atoms with E-state index < -0.39 is 15.4 Å². The molecule has 0 unspecified atom stereocenters. The molecular weight excluding hydrogens is 254 g/mol. The van der Waals surface area contributed by atoms with E-state index in [4.69, 9.17) is 17.3 Å². The number of aromatic nitrogens is 2. The molecule has 0 saturated heterocycles. The summed E-state index contributed by atoms with van der Waals surface area (Å²) >= 11 is 5.54. The summed E-state index contributed by atoms with van der Waals surface area (Å²) in [5, 5.41) is -0.0698. The van der Waals surface area contributed by atoms with Crippen LogP contribution in [-0.4, -0.2) is 29.5 Å². The van der Waals surface area contributed by atoms with E-state index in [1.165, 1.54) is 6.33 Å². The molecule has 8 heteroatoms. The van der Waals surface area contributed by atoms with E-state index in [2.05, 4.69) is 4.98 Å². The zero-order chi connectivity index (χ0) is 12.3. The first-order chi connectivity index (χ1) is 7.37. The molecule has 0 aliphatic carbocycles. The van der Waals surface area contributed by atoms with Gasteiger partial charge in [-0.1, -0.05) is 18.5 Å². The third-order valence-corrected chi connectivity index (χ3v) is 4.09. The highest BCUT2D eigenvalue weighted by Crippen LogP contribution is 2.07. The van der Waals surface area contributed by atoms with Gasteiger partial charge in [-0.05, 0) is 0 Å². The minimum Gasteiger partial charge on any atom is -0.392 e. The van der Waals surface area contributed by atoms with Crippen molar-refractivity contribution in [3.63, 3.8) is 0 Å². The van der Waals surface area contributed by atoms with Crippen LogP contribution in [0.5, 0.6) is 0 Å². The van der Waals surface area contributed by atoms with Gasteiger partial charge in [-0.2, -0.15) is 0 Å². The van der Waals surface area contributed by atoms with Crippen molar-refractivity contribution in [1.82, 2.24) is 9.55 Å². The number of rotatable bonds is 4. The third-order valence-electron chi connectivity index (χ3n) is 2.11. The highest BCUT2D eigenvalue weighted by Gasteiger charge is 2.10. The van der Waals surface area contributed by atoms with Crippen LogP contribution in [0.2, 0.25) is 5.15 Å². The monoisotopic (exact) mass is 265 g/mol. The second kappa shape index (κ2) is 4.84. The number of halogens is 1. The van der Waals surface area contributed by atoms with Crippen molar-refractivity contribution in [1.29, 1.82) is 0 Å². The molecule has 0 fully saturated rings. The lowest BCUT2D eigenvalue weighted by Gasteiger charge is -2.06. The molecule has 0 bridgehead atoms. The van der Waals surface area contributed by atoms with E-state index in [0.29, 0.717) is 0 Å². The minimum absolute atomic E-state index is 0.0311. The molecule has 0 aliphatic rings. The van der Waals surface area contributed by atoms with Crippen molar-refractivity contribution in [2.45, 2.75) is 13.5 Å². The number of hydrogen-bond donors (Lipinski definition) is 1. The fourth-order valence-corrected chi connectivity index (χ4v) is 1.91. The van der Waals surface area contributed by atoms with Gasteiger partial charge in [-0.15, -0.1) is 0 Å². The first kappa shape index (κ1) is 13.0. The van der Waals surface area contributed by atoms with Crippen LogP contribution in [0.25, 0.3) is 0 Å². The molecule has 1 aromatic rings. The van der Waals surface area contributed by atoms with E-state index in [-0.39, 0.29) is 28.9 Å². The maximum Gasteiger partial charge on any atom is 0.278 e. The Morgan fingerprint density at radius 2 is 2.19 bits per heavy atom. The summed E-state index contributed by atoms with van der Waals surface area (Å²) in [4.78, 5) is 15.2. The van der Waals surface area contributed by atoms with E-state index in [1.807, 2.05) is 0 Å². The van der Waals surface area contributed by atoms with Gasteiger partial charge in [-0.25, -0.2) is 13.4 Å². The van der Waals surface area contributed by atoms with Crippen LogP contribution < -0.4 is 11.3 Å². The van der Waals surface area contributed by atoms with Gasteiger partial charge in [0, 0.05) is 12.3 Å². The van der Waals surface area contributed by atoms with E-state index in [0.717, 1.165) is 4.57 Å². The number of hydrogen-bond acceptors (Lipinski definition) is 5. The number of aryl methyl sites for hydroxylation is 1. The summed E-state index contributed by atoms with van der Waals surface area (Å²) in [6, 6.07) is 0. The van der Waals surface area contributed by atoms with Crippen LogP contribution >= 0.6 is 11.6 Å². The molecule has 0 amide bonds. The molecule has 1 aromatic heterocycles. The average molecular weight is 266 g/mol. The van der Waals surface area contributed by atoms with Crippen LogP contribution in [0.3, 0.4) is 0 Å². The van der Waals surface area contributed by atoms with Crippen molar-refractivity contribution >= 4 is 27.1 Å². The van der Waals surface area contributed by atoms with Gasteiger partial charge < -0.3 is 5.73 Å². The van der Waals surface area contributed by atoms with Crippen LogP contribution in [-0.2, 0) is 16.4 Å². The van der Waals surface area contributed by atoms with Gasteiger partial charge in [0.2, 0.25) is 0 Å². The topological polar surface area (TPSA) is 95.1 Å². The molecule has 6 nitrogen and oxygen atoms in total. The highest BCUT2D eigenvalue weighted by molar-refractivity contribution is 7.91. The molecule has 0 atom stereocenters. The molecule has 1 rings (SSSR count). The van der Waals surface area contributed by atoms with Crippen LogP contribution in [0.4, 0.5) is 5.69 Å². The molecule has 2 N–H and O–H groups in total. The fourth-order valence-electron chi connectivity index (χ4n) is 1.03. The fraction of sp³-hybridized carbons (Fsp3) is 0.500. The van der Waals surface area contributed by atoms with E-state index in [9.17, 15) is 13.2 Å². The predicted octanol–water partition coefficient (Wildman–Crippen LogP) is -0.0864. The number of anilines is 1. The molecule has 16 heavy (non-hydrogen) atoms. The lowest BCUT2D eigenvalue weighted by atomic mass is 10.5. The first-order valence-corrected chi connectivity index (χ1v) is 6.78. The Bertz CT molecular complexity index is 538. The lowest BCUT2D eigenvalue weighted by molar-refractivity contribution is 0.587. The van der Waals surface area contributed by atoms with E-state index >= 15 is 0 Å². The van der Waals surface area contributed by atoms with Crippen LogP contribution in [0.1, 0.15) is 6.92 Å². The SMILES string of the molecule is CCS(=O)(=O)CCn1cnc(Cl)c(N)c1=O. The summed E-state index contributed by atoms with van der Waals surface area (Å²) in [5.74, 6) is -0.0790. The normalized spacial score (nSPS) is 11.6. The summed E-state index contributed by atoms with van der Waals surface area (Å²) in [5.41, 5.74) is 4.69. The Morgan fingerprint density at radius 3 is 2.75 bits per heavy atom. The zero-order valence-corrected chi connectivity index (χ0v) is 10.3. The van der Waals surface area contributed by atoms with Gasteiger partial charge in [-0.3, -0.25) is 9.36 Å². The Balaban J connectivity index is 2.93. The summed E-state index contributed by atoms with van der Waals surface area (Å²) in [6.07, 6.45) is 1.19.